The summed E-state index contributed by atoms with van der Waals surface area (Å²) in [4.78, 5) is 10.0. The molecule has 0 saturated heterocycles. The predicted octanol–water partition coefficient (Wildman–Crippen LogP) is 15.2. The van der Waals surface area contributed by atoms with Gasteiger partial charge in [0.25, 0.3) is 0 Å². The Labute approximate surface area is 340 Å². The molecule has 13 rings (SSSR count). The summed E-state index contributed by atoms with van der Waals surface area (Å²) in [5, 5.41) is 11.0. The summed E-state index contributed by atoms with van der Waals surface area (Å²) >= 11 is 0. The Balaban J connectivity index is 1.12. The zero-order valence-corrected chi connectivity index (χ0v) is 31.9. The van der Waals surface area contributed by atoms with Crippen LogP contribution in [0.1, 0.15) is 0 Å². The van der Waals surface area contributed by atoms with Gasteiger partial charge >= 0.3 is 0 Å². The van der Waals surface area contributed by atoms with Crippen molar-refractivity contribution in [2.45, 2.75) is 0 Å². The Kier molecular flexibility index (Phi) is 6.69. The highest BCUT2D eigenvalue weighted by molar-refractivity contribution is 6.30. The first-order chi connectivity index (χ1) is 29.3. The van der Waals surface area contributed by atoms with Gasteiger partial charge < -0.3 is 9.80 Å². The number of hydrogen-bond donors (Lipinski definition) is 0. The number of fused-ring (bicyclic) bond motifs is 16. The molecule has 1 aliphatic rings. The highest BCUT2D eigenvalue weighted by atomic mass is 15.3. The number of imidazole rings is 1. The van der Waals surface area contributed by atoms with Gasteiger partial charge in [-0.05, 0) is 128 Å². The fourth-order valence-electron chi connectivity index (χ4n) is 9.91. The molecule has 0 atom stereocenters. The van der Waals surface area contributed by atoms with Gasteiger partial charge in [0.1, 0.15) is 5.65 Å². The van der Waals surface area contributed by atoms with E-state index in [4.69, 9.17) is 4.98 Å². The van der Waals surface area contributed by atoms with E-state index >= 15 is 0 Å². The normalized spacial score (nSPS) is 12.7. The van der Waals surface area contributed by atoms with E-state index in [2.05, 4.69) is 220 Å². The molecular formula is C55H34N4. The molecule has 0 amide bonds. The van der Waals surface area contributed by atoms with Gasteiger partial charge in [0.15, 0.2) is 0 Å². The van der Waals surface area contributed by atoms with Crippen molar-refractivity contribution in [1.82, 2.24) is 9.38 Å². The summed E-state index contributed by atoms with van der Waals surface area (Å²) < 4.78 is 2.32. The van der Waals surface area contributed by atoms with Crippen LogP contribution < -0.4 is 9.80 Å². The highest BCUT2D eigenvalue weighted by Gasteiger charge is 2.31. The third-order valence-corrected chi connectivity index (χ3v) is 12.4. The molecule has 274 valence electrons. The molecule has 0 spiro atoms. The van der Waals surface area contributed by atoms with E-state index in [-0.39, 0.29) is 0 Å². The molecule has 10 aromatic carbocycles. The van der Waals surface area contributed by atoms with Crippen molar-refractivity contribution in [3.05, 3.63) is 206 Å². The predicted molar refractivity (Wildman–Crippen MR) is 249 cm³/mol. The van der Waals surface area contributed by atoms with Crippen LogP contribution in [-0.2, 0) is 0 Å². The first-order valence-electron chi connectivity index (χ1n) is 20.2. The molecule has 4 heteroatoms. The van der Waals surface area contributed by atoms with Gasteiger partial charge in [-0.3, -0.25) is 4.40 Å². The fraction of sp³-hybridized carbons (Fsp3) is 0. The van der Waals surface area contributed by atoms with Crippen LogP contribution in [0.25, 0.3) is 81.8 Å². The number of nitrogens with zero attached hydrogens (tertiary/aromatic N) is 4. The lowest BCUT2D eigenvalue weighted by molar-refractivity contribution is 1.17. The summed E-state index contributed by atoms with van der Waals surface area (Å²) in [5.74, 6) is 0. The van der Waals surface area contributed by atoms with E-state index in [1.165, 1.54) is 54.2 Å². The van der Waals surface area contributed by atoms with Gasteiger partial charge in [-0.2, -0.15) is 0 Å². The lowest BCUT2D eigenvalue weighted by Gasteiger charge is -2.40. The zero-order valence-electron chi connectivity index (χ0n) is 31.9. The van der Waals surface area contributed by atoms with E-state index in [1.54, 1.807) is 0 Å². The minimum atomic E-state index is 0.986. The summed E-state index contributed by atoms with van der Waals surface area (Å²) in [5.41, 5.74) is 13.5. The van der Waals surface area contributed by atoms with Gasteiger partial charge in [-0.15, -0.1) is 0 Å². The van der Waals surface area contributed by atoms with Crippen LogP contribution in [0.15, 0.2) is 206 Å². The lowest BCUT2D eigenvalue weighted by atomic mass is 9.88. The average molecular weight is 751 g/mol. The monoisotopic (exact) mass is 750 g/mol. The van der Waals surface area contributed by atoms with Crippen molar-refractivity contribution in [2.24, 2.45) is 0 Å². The van der Waals surface area contributed by atoms with Crippen molar-refractivity contribution < 1.29 is 0 Å². The number of rotatable bonds is 3. The molecule has 0 radical (unpaired) electrons. The van der Waals surface area contributed by atoms with E-state index in [9.17, 15) is 0 Å². The Hall–Kier alpha value is -7.95. The van der Waals surface area contributed by atoms with Crippen LogP contribution in [0.4, 0.5) is 34.1 Å². The molecule has 12 aromatic rings. The van der Waals surface area contributed by atoms with Gasteiger partial charge in [0.05, 0.1) is 39.3 Å². The maximum absolute atomic E-state index is 5.18. The first-order valence-corrected chi connectivity index (χ1v) is 20.2. The third-order valence-electron chi connectivity index (χ3n) is 12.4. The van der Waals surface area contributed by atoms with Crippen molar-refractivity contribution in [1.29, 1.82) is 0 Å². The molecular weight excluding hydrogens is 717 g/mol. The topological polar surface area (TPSA) is 23.8 Å². The largest absolute Gasteiger partial charge is 0.306 e. The van der Waals surface area contributed by atoms with E-state index in [1.807, 2.05) is 0 Å². The van der Waals surface area contributed by atoms with Gasteiger partial charge in [0, 0.05) is 22.1 Å². The molecule has 59 heavy (non-hydrogen) atoms. The Bertz CT molecular complexity index is 3680. The molecule has 1 aliphatic heterocycles. The number of pyridine rings is 1. The maximum Gasteiger partial charge on any atom is 0.146 e. The Morgan fingerprint density at radius 3 is 1.56 bits per heavy atom. The molecule has 4 nitrogen and oxygen atoms in total. The quantitative estimate of drug-likeness (QED) is 0.168. The van der Waals surface area contributed by atoms with Crippen LogP contribution in [0, 0.1) is 0 Å². The van der Waals surface area contributed by atoms with Crippen molar-refractivity contribution in [3.8, 4) is 11.1 Å². The molecule has 3 heterocycles. The number of hydrogen-bond acceptors (Lipinski definition) is 3. The SMILES string of the molecule is c1ccc(N2c3ccccc3N(c3ccccc3)c3cc4c(cc32)c2ccccc2c2c(-c3ccc5c(c3)c3ccccc3n3c6ccccc6nc53)cccc42)cc1. The molecule has 0 unspecified atom stereocenters. The number of aromatic nitrogens is 2. The van der Waals surface area contributed by atoms with Crippen molar-refractivity contribution >= 4 is 105 Å². The zero-order chi connectivity index (χ0) is 38.6. The summed E-state index contributed by atoms with van der Waals surface area (Å²) in [6.45, 7) is 0. The van der Waals surface area contributed by atoms with E-state index in [0.29, 0.717) is 0 Å². The summed E-state index contributed by atoms with van der Waals surface area (Å²) in [7, 11) is 0. The second-order valence-electron chi connectivity index (χ2n) is 15.5. The smallest absolute Gasteiger partial charge is 0.146 e. The Morgan fingerprint density at radius 2 is 0.847 bits per heavy atom. The average Bonchev–Trinajstić information content (AvgIpc) is 3.71. The number of para-hydroxylation sites is 7. The molecule has 0 aliphatic carbocycles. The van der Waals surface area contributed by atoms with E-state index in [0.717, 1.165) is 61.7 Å². The number of benzene rings is 10. The number of anilines is 6. The molecule has 0 fully saturated rings. The van der Waals surface area contributed by atoms with Crippen LogP contribution in [0.5, 0.6) is 0 Å². The second-order valence-corrected chi connectivity index (χ2v) is 15.5. The standard InChI is InChI=1S/C55H34N4/c1-3-16-36(17-4-1)57-50-28-13-14-29-51(50)58(37-18-5-2-6-19-37)53-34-46-42-24-15-23-38(54(42)41-22-8-7-20-39(41)45(46)33-52(53)57)35-30-31-43-44(32-35)40-21-9-11-26-48(40)59-49-27-12-10-25-47(49)56-55(43)59/h1-34H. The first kappa shape index (κ1) is 32.2. The molecule has 0 bridgehead atoms. The summed E-state index contributed by atoms with van der Waals surface area (Å²) in [6, 6.07) is 75.1. The van der Waals surface area contributed by atoms with Gasteiger partial charge in [0.2, 0.25) is 0 Å². The van der Waals surface area contributed by atoms with Crippen LogP contribution >= 0.6 is 0 Å². The van der Waals surface area contributed by atoms with Crippen LogP contribution in [-0.4, -0.2) is 9.38 Å². The van der Waals surface area contributed by atoms with E-state index < -0.39 is 0 Å². The Morgan fingerprint density at radius 1 is 0.322 bits per heavy atom. The maximum atomic E-state index is 5.18. The molecule has 0 N–H and O–H groups in total. The summed E-state index contributed by atoms with van der Waals surface area (Å²) in [6.07, 6.45) is 0. The van der Waals surface area contributed by atoms with Crippen molar-refractivity contribution in [3.63, 3.8) is 0 Å². The van der Waals surface area contributed by atoms with Crippen LogP contribution in [0.2, 0.25) is 0 Å². The molecule has 0 saturated carbocycles. The van der Waals surface area contributed by atoms with Crippen LogP contribution in [0.3, 0.4) is 0 Å². The molecule has 2 aromatic heterocycles. The third kappa shape index (κ3) is 4.57. The second kappa shape index (κ2) is 12.3. The minimum absolute atomic E-state index is 0.986. The van der Waals surface area contributed by atoms with Crippen molar-refractivity contribution in [2.75, 3.05) is 9.80 Å². The fourth-order valence-corrected chi connectivity index (χ4v) is 9.91. The van der Waals surface area contributed by atoms with Gasteiger partial charge in [-0.25, -0.2) is 4.98 Å². The van der Waals surface area contributed by atoms with Gasteiger partial charge in [-0.1, -0.05) is 127 Å². The highest BCUT2D eigenvalue weighted by Crippen LogP contribution is 2.56. The minimum Gasteiger partial charge on any atom is -0.306 e. The lowest BCUT2D eigenvalue weighted by Crippen LogP contribution is -2.24.